The van der Waals surface area contributed by atoms with Crippen LogP contribution in [0.15, 0.2) is 55.1 Å². The maximum Gasteiger partial charge on any atom is 0.0355 e. The third kappa shape index (κ3) is 3.72. The van der Waals surface area contributed by atoms with Crippen molar-refractivity contribution in [3.63, 3.8) is 0 Å². The maximum atomic E-state index is 6.30. The van der Waals surface area contributed by atoms with Gasteiger partial charge in [-0.15, -0.1) is 12.4 Å². The standard InChI is InChI=1S/C18H21N.ClH/c1-4-15-11-8-12-17(18(2,3)19)16(15)13-14-9-6-5-7-10-14;/h4-12H,1,13,19H2,2-3H3;1H. The van der Waals surface area contributed by atoms with Gasteiger partial charge in [0.15, 0.2) is 0 Å². The highest BCUT2D eigenvalue weighted by atomic mass is 35.5. The van der Waals surface area contributed by atoms with Gasteiger partial charge in [0.05, 0.1) is 0 Å². The van der Waals surface area contributed by atoms with E-state index in [1.54, 1.807) is 0 Å². The van der Waals surface area contributed by atoms with E-state index in [2.05, 4.69) is 49.0 Å². The lowest BCUT2D eigenvalue weighted by Crippen LogP contribution is -2.30. The first kappa shape index (κ1) is 16.5. The molecule has 0 aliphatic rings. The van der Waals surface area contributed by atoms with Crippen LogP contribution in [0.3, 0.4) is 0 Å². The minimum Gasteiger partial charge on any atom is -0.322 e. The number of hydrogen-bond acceptors (Lipinski definition) is 1. The van der Waals surface area contributed by atoms with Crippen LogP contribution >= 0.6 is 12.4 Å². The summed E-state index contributed by atoms with van der Waals surface area (Å²) in [4.78, 5) is 0. The van der Waals surface area contributed by atoms with Crippen molar-refractivity contribution in [2.24, 2.45) is 5.73 Å². The van der Waals surface area contributed by atoms with Crippen LogP contribution in [0.25, 0.3) is 6.08 Å². The second kappa shape index (κ2) is 6.74. The van der Waals surface area contributed by atoms with Crippen LogP contribution in [-0.4, -0.2) is 0 Å². The van der Waals surface area contributed by atoms with E-state index in [0.717, 1.165) is 6.42 Å². The first-order valence-electron chi connectivity index (χ1n) is 6.60. The molecule has 0 radical (unpaired) electrons. The van der Waals surface area contributed by atoms with E-state index in [0.29, 0.717) is 0 Å². The lowest BCUT2D eigenvalue weighted by atomic mass is 9.85. The molecule has 0 bridgehead atoms. The van der Waals surface area contributed by atoms with Crippen molar-refractivity contribution in [1.82, 2.24) is 0 Å². The van der Waals surface area contributed by atoms with Crippen molar-refractivity contribution < 1.29 is 0 Å². The van der Waals surface area contributed by atoms with Crippen LogP contribution in [-0.2, 0) is 12.0 Å². The molecule has 0 heterocycles. The summed E-state index contributed by atoms with van der Waals surface area (Å²) in [5.41, 5.74) is 10.9. The van der Waals surface area contributed by atoms with Crippen LogP contribution in [0.1, 0.15) is 36.1 Å². The van der Waals surface area contributed by atoms with Crippen molar-refractivity contribution in [3.8, 4) is 0 Å². The van der Waals surface area contributed by atoms with E-state index in [-0.39, 0.29) is 17.9 Å². The molecule has 0 atom stereocenters. The fourth-order valence-corrected chi connectivity index (χ4v) is 2.40. The van der Waals surface area contributed by atoms with Gasteiger partial charge in [0.25, 0.3) is 0 Å². The molecule has 0 spiro atoms. The lowest BCUT2D eigenvalue weighted by Gasteiger charge is -2.24. The molecule has 2 aromatic rings. The molecule has 106 valence electrons. The number of hydrogen-bond donors (Lipinski definition) is 1. The Labute approximate surface area is 127 Å². The largest absolute Gasteiger partial charge is 0.322 e. The minimum absolute atomic E-state index is 0. The monoisotopic (exact) mass is 287 g/mol. The molecule has 2 rings (SSSR count). The summed E-state index contributed by atoms with van der Waals surface area (Å²) in [5.74, 6) is 0. The molecule has 1 nitrogen and oxygen atoms in total. The second-order valence-electron chi connectivity index (χ2n) is 5.46. The molecule has 0 unspecified atom stereocenters. The van der Waals surface area contributed by atoms with Gasteiger partial charge in [-0.1, -0.05) is 61.2 Å². The smallest absolute Gasteiger partial charge is 0.0355 e. The average molecular weight is 288 g/mol. The van der Waals surface area contributed by atoms with Gasteiger partial charge in [-0.05, 0) is 42.5 Å². The van der Waals surface area contributed by atoms with Crippen LogP contribution < -0.4 is 5.73 Å². The summed E-state index contributed by atoms with van der Waals surface area (Å²) in [6.07, 6.45) is 2.80. The normalized spacial score (nSPS) is 10.8. The van der Waals surface area contributed by atoms with E-state index in [1.807, 2.05) is 26.0 Å². The van der Waals surface area contributed by atoms with Gasteiger partial charge in [-0.3, -0.25) is 0 Å². The Kier molecular flexibility index (Phi) is 5.55. The molecule has 0 aliphatic carbocycles. The molecule has 0 saturated carbocycles. The summed E-state index contributed by atoms with van der Waals surface area (Å²) in [6, 6.07) is 16.7. The Morgan fingerprint density at radius 3 is 2.25 bits per heavy atom. The Balaban J connectivity index is 0.00000200. The zero-order valence-electron chi connectivity index (χ0n) is 12.1. The Hall–Kier alpha value is -1.57. The molecule has 0 saturated heterocycles. The number of nitrogens with two attached hydrogens (primary N) is 1. The van der Waals surface area contributed by atoms with Gasteiger partial charge in [-0.2, -0.15) is 0 Å². The van der Waals surface area contributed by atoms with Gasteiger partial charge in [-0.25, -0.2) is 0 Å². The first-order chi connectivity index (χ1) is 9.02. The number of rotatable bonds is 4. The molecule has 0 aliphatic heterocycles. The molecular formula is C18H22ClN. The van der Waals surface area contributed by atoms with E-state index >= 15 is 0 Å². The zero-order valence-corrected chi connectivity index (χ0v) is 12.9. The summed E-state index contributed by atoms with van der Waals surface area (Å²) in [5, 5.41) is 0. The van der Waals surface area contributed by atoms with Gasteiger partial charge in [0.1, 0.15) is 0 Å². The predicted molar refractivity (Wildman–Crippen MR) is 90.2 cm³/mol. The quantitative estimate of drug-likeness (QED) is 0.878. The fourth-order valence-electron chi connectivity index (χ4n) is 2.40. The summed E-state index contributed by atoms with van der Waals surface area (Å²) < 4.78 is 0. The highest BCUT2D eigenvalue weighted by molar-refractivity contribution is 5.85. The molecule has 0 amide bonds. The molecular weight excluding hydrogens is 266 g/mol. The topological polar surface area (TPSA) is 26.0 Å². The van der Waals surface area contributed by atoms with Gasteiger partial charge in [0, 0.05) is 5.54 Å². The Morgan fingerprint density at radius 2 is 1.70 bits per heavy atom. The molecule has 2 N–H and O–H groups in total. The third-order valence-electron chi connectivity index (χ3n) is 3.35. The third-order valence-corrected chi connectivity index (χ3v) is 3.35. The second-order valence-corrected chi connectivity index (χ2v) is 5.46. The highest BCUT2D eigenvalue weighted by Crippen LogP contribution is 2.27. The van der Waals surface area contributed by atoms with Crippen LogP contribution in [0.4, 0.5) is 0 Å². The van der Waals surface area contributed by atoms with Crippen molar-refractivity contribution >= 4 is 18.5 Å². The van der Waals surface area contributed by atoms with Crippen molar-refractivity contribution in [3.05, 3.63) is 77.4 Å². The first-order valence-corrected chi connectivity index (χ1v) is 6.60. The number of benzene rings is 2. The predicted octanol–water partition coefficient (Wildman–Crippen LogP) is 4.54. The van der Waals surface area contributed by atoms with Gasteiger partial charge < -0.3 is 5.73 Å². The summed E-state index contributed by atoms with van der Waals surface area (Å²) in [7, 11) is 0. The Morgan fingerprint density at radius 1 is 1.05 bits per heavy atom. The van der Waals surface area contributed by atoms with Crippen molar-refractivity contribution in [2.75, 3.05) is 0 Å². The highest BCUT2D eigenvalue weighted by Gasteiger charge is 2.19. The van der Waals surface area contributed by atoms with Gasteiger partial charge in [0.2, 0.25) is 0 Å². The van der Waals surface area contributed by atoms with E-state index < -0.39 is 0 Å². The van der Waals surface area contributed by atoms with Crippen LogP contribution in [0.5, 0.6) is 0 Å². The van der Waals surface area contributed by atoms with Gasteiger partial charge >= 0.3 is 0 Å². The Bertz CT molecular complexity index is 568. The van der Waals surface area contributed by atoms with Crippen LogP contribution in [0, 0.1) is 0 Å². The molecule has 2 aromatic carbocycles. The average Bonchev–Trinajstić information content (AvgIpc) is 2.39. The van der Waals surface area contributed by atoms with Crippen molar-refractivity contribution in [1.29, 1.82) is 0 Å². The fraction of sp³-hybridized carbons (Fsp3) is 0.222. The molecule has 0 fully saturated rings. The molecule has 2 heteroatoms. The molecule has 0 aromatic heterocycles. The van der Waals surface area contributed by atoms with Crippen LogP contribution in [0.2, 0.25) is 0 Å². The number of halogens is 1. The molecule has 20 heavy (non-hydrogen) atoms. The van der Waals surface area contributed by atoms with Crippen molar-refractivity contribution in [2.45, 2.75) is 25.8 Å². The minimum atomic E-state index is -0.344. The maximum absolute atomic E-state index is 6.30. The zero-order chi connectivity index (χ0) is 13.9. The summed E-state index contributed by atoms with van der Waals surface area (Å²) in [6.45, 7) is 8.01. The van der Waals surface area contributed by atoms with E-state index in [1.165, 1.54) is 22.3 Å². The van der Waals surface area contributed by atoms with E-state index in [4.69, 9.17) is 5.73 Å². The summed E-state index contributed by atoms with van der Waals surface area (Å²) >= 11 is 0. The van der Waals surface area contributed by atoms with E-state index in [9.17, 15) is 0 Å². The SMILES string of the molecule is C=Cc1cccc(C(C)(C)N)c1Cc1ccccc1.Cl. The lowest BCUT2D eigenvalue weighted by molar-refractivity contribution is 0.549.